The Kier molecular flexibility index (Phi) is 4.39. The number of rotatable bonds is 6. The van der Waals surface area contributed by atoms with Crippen LogP contribution in [-0.2, 0) is 0 Å². The van der Waals surface area contributed by atoms with Gasteiger partial charge in [-0.2, -0.15) is 0 Å². The predicted octanol–water partition coefficient (Wildman–Crippen LogP) is 2.67. The zero-order valence-electron chi connectivity index (χ0n) is 10.7. The zero-order chi connectivity index (χ0) is 14.4. The lowest BCUT2D eigenvalue weighted by molar-refractivity contribution is -0.384. The number of nitrogens with one attached hydrogen (secondary N) is 1. The van der Waals surface area contributed by atoms with Crippen LogP contribution in [0.3, 0.4) is 0 Å². The highest BCUT2D eigenvalue weighted by Crippen LogP contribution is 2.13. The van der Waals surface area contributed by atoms with Gasteiger partial charge in [-0.1, -0.05) is 6.07 Å². The minimum Gasteiger partial charge on any atom is -0.370 e. The Bertz CT molecular complexity index is 597. The van der Waals surface area contributed by atoms with Crippen molar-refractivity contribution in [2.75, 3.05) is 11.9 Å². The van der Waals surface area contributed by atoms with Gasteiger partial charge in [-0.05, 0) is 24.3 Å². The smallest absolute Gasteiger partial charge is 0.269 e. The first-order chi connectivity index (χ1) is 9.66. The highest BCUT2D eigenvalue weighted by Gasteiger charge is 2.09. The number of hydrogen-bond acceptors (Lipinski definition) is 5. The maximum absolute atomic E-state index is 11.9. The number of carbonyl (C=O) groups excluding carboxylic acids is 1. The first-order valence-electron chi connectivity index (χ1n) is 6.09. The zero-order valence-corrected chi connectivity index (χ0v) is 10.7. The molecular formula is C14H13N3O3. The molecule has 0 aliphatic carbocycles. The molecule has 2 rings (SSSR count). The van der Waals surface area contributed by atoms with Crippen molar-refractivity contribution in [3.63, 3.8) is 0 Å². The topological polar surface area (TPSA) is 85.1 Å². The number of pyridine rings is 1. The fourth-order valence-corrected chi connectivity index (χ4v) is 1.68. The van der Waals surface area contributed by atoms with Gasteiger partial charge in [0.25, 0.3) is 5.69 Å². The number of ketones is 1. The summed E-state index contributed by atoms with van der Waals surface area (Å²) in [4.78, 5) is 26.0. The lowest BCUT2D eigenvalue weighted by atomic mass is 10.1. The number of nitro groups is 1. The van der Waals surface area contributed by atoms with E-state index in [1.165, 1.54) is 24.3 Å². The third-order valence-electron chi connectivity index (χ3n) is 2.72. The molecule has 1 aromatic carbocycles. The van der Waals surface area contributed by atoms with Gasteiger partial charge in [0.1, 0.15) is 5.82 Å². The molecule has 2 aromatic rings. The molecule has 6 heteroatoms. The molecule has 0 saturated heterocycles. The minimum absolute atomic E-state index is 0.0202. The quantitative estimate of drug-likeness (QED) is 0.496. The lowest BCUT2D eigenvalue weighted by Crippen LogP contribution is -2.09. The molecule has 0 radical (unpaired) electrons. The Hall–Kier alpha value is -2.76. The van der Waals surface area contributed by atoms with Gasteiger partial charge >= 0.3 is 0 Å². The number of non-ortho nitro benzene ring substituents is 1. The van der Waals surface area contributed by atoms with Gasteiger partial charge in [0.05, 0.1) is 4.92 Å². The van der Waals surface area contributed by atoms with E-state index in [4.69, 9.17) is 0 Å². The normalized spacial score (nSPS) is 10.0. The monoisotopic (exact) mass is 271 g/mol. The molecular weight excluding hydrogens is 258 g/mol. The summed E-state index contributed by atoms with van der Waals surface area (Å²) < 4.78 is 0. The van der Waals surface area contributed by atoms with Gasteiger partial charge < -0.3 is 5.32 Å². The highest BCUT2D eigenvalue weighted by molar-refractivity contribution is 5.96. The average Bonchev–Trinajstić information content (AvgIpc) is 2.48. The van der Waals surface area contributed by atoms with Crippen molar-refractivity contribution in [1.29, 1.82) is 0 Å². The summed E-state index contributed by atoms with van der Waals surface area (Å²) in [5.74, 6) is 0.646. The first kappa shape index (κ1) is 13.7. The van der Waals surface area contributed by atoms with E-state index in [2.05, 4.69) is 10.3 Å². The molecule has 1 N–H and O–H groups in total. The van der Waals surface area contributed by atoms with E-state index in [1.807, 2.05) is 18.2 Å². The Morgan fingerprint density at radius 1 is 1.20 bits per heavy atom. The number of carbonyl (C=O) groups is 1. The predicted molar refractivity (Wildman–Crippen MR) is 74.8 cm³/mol. The standard InChI is InChI=1S/C14H13N3O3/c18-13(8-10-16-14-3-1-2-9-15-14)11-4-6-12(7-5-11)17(19)20/h1-7,9H,8,10H2,(H,15,16). The van der Waals surface area contributed by atoms with Crippen LogP contribution < -0.4 is 5.32 Å². The largest absolute Gasteiger partial charge is 0.370 e. The molecule has 20 heavy (non-hydrogen) atoms. The van der Waals surface area contributed by atoms with Crippen LogP contribution in [0.4, 0.5) is 11.5 Å². The molecule has 0 aliphatic heterocycles. The van der Waals surface area contributed by atoms with Crippen molar-refractivity contribution in [3.05, 3.63) is 64.3 Å². The maximum atomic E-state index is 11.9. The molecule has 1 heterocycles. The second-order valence-electron chi connectivity index (χ2n) is 4.12. The van der Waals surface area contributed by atoms with Crippen LogP contribution >= 0.6 is 0 Å². The summed E-state index contributed by atoms with van der Waals surface area (Å²) in [7, 11) is 0. The molecule has 0 spiro atoms. The molecule has 0 amide bonds. The molecule has 6 nitrogen and oxygen atoms in total. The van der Waals surface area contributed by atoms with Crippen molar-refractivity contribution < 1.29 is 9.72 Å². The van der Waals surface area contributed by atoms with Crippen LogP contribution in [0.5, 0.6) is 0 Å². The highest BCUT2D eigenvalue weighted by atomic mass is 16.6. The molecule has 102 valence electrons. The second kappa shape index (κ2) is 6.42. The van der Waals surface area contributed by atoms with Crippen LogP contribution in [0.25, 0.3) is 0 Å². The number of nitro benzene ring substituents is 1. The number of anilines is 1. The molecule has 0 unspecified atom stereocenters. The molecule has 0 atom stereocenters. The Morgan fingerprint density at radius 3 is 2.55 bits per heavy atom. The Labute approximate surface area is 115 Å². The molecule has 0 bridgehead atoms. The van der Waals surface area contributed by atoms with E-state index >= 15 is 0 Å². The number of hydrogen-bond donors (Lipinski definition) is 1. The molecule has 0 fully saturated rings. The summed E-state index contributed by atoms with van der Waals surface area (Å²) in [5, 5.41) is 13.5. The number of benzene rings is 1. The Morgan fingerprint density at radius 2 is 1.95 bits per heavy atom. The van der Waals surface area contributed by atoms with Gasteiger partial charge in [-0.25, -0.2) is 4.98 Å². The van der Waals surface area contributed by atoms with E-state index in [-0.39, 0.29) is 11.5 Å². The van der Waals surface area contributed by atoms with E-state index in [1.54, 1.807) is 6.20 Å². The van der Waals surface area contributed by atoms with Crippen LogP contribution in [-0.4, -0.2) is 22.2 Å². The lowest BCUT2D eigenvalue weighted by Gasteiger charge is -2.04. The van der Waals surface area contributed by atoms with Crippen molar-refractivity contribution in [1.82, 2.24) is 4.98 Å². The van der Waals surface area contributed by atoms with Gasteiger partial charge in [-0.15, -0.1) is 0 Å². The summed E-state index contributed by atoms with van der Waals surface area (Å²) in [6.45, 7) is 0.465. The summed E-state index contributed by atoms with van der Waals surface area (Å²) in [6.07, 6.45) is 1.97. The van der Waals surface area contributed by atoms with Crippen molar-refractivity contribution >= 4 is 17.3 Å². The summed E-state index contributed by atoms with van der Waals surface area (Å²) in [5.41, 5.74) is 0.451. The number of Topliss-reactive ketones (excluding diaryl/α,β-unsaturated/α-hetero) is 1. The van der Waals surface area contributed by atoms with Gasteiger partial charge in [0.15, 0.2) is 5.78 Å². The van der Waals surface area contributed by atoms with Crippen molar-refractivity contribution in [2.45, 2.75) is 6.42 Å². The SMILES string of the molecule is O=C(CCNc1ccccn1)c1ccc([N+](=O)[O-])cc1. The fraction of sp³-hybridized carbons (Fsp3) is 0.143. The minimum atomic E-state index is -0.489. The van der Waals surface area contributed by atoms with Gasteiger partial charge in [-0.3, -0.25) is 14.9 Å². The third kappa shape index (κ3) is 3.61. The van der Waals surface area contributed by atoms with Gasteiger partial charge in [0, 0.05) is 36.9 Å². The van der Waals surface area contributed by atoms with Crippen molar-refractivity contribution in [3.8, 4) is 0 Å². The van der Waals surface area contributed by atoms with Gasteiger partial charge in [0.2, 0.25) is 0 Å². The van der Waals surface area contributed by atoms with Crippen LogP contribution in [0, 0.1) is 10.1 Å². The van der Waals surface area contributed by atoms with Crippen LogP contribution in [0.15, 0.2) is 48.7 Å². The van der Waals surface area contributed by atoms with E-state index in [9.17, 15) is 14.9 Å². The second-order valence-corrected chi connectivity index (χ2v) is 4.12. The average molecular weight is 271 g/mol. The number of aromatic nitrogens is 1. The number of nitrogens with zero attached hydrogens (tertiary/aromatic N) is 2. The van der Waals surface area contributed by atoms with E-state index in [0.29, 0.717) is 24.3 Å². The van der Waals surface area contributed by atoms with Crippen LogP contribution in [0.1, 0.15) is 16.8 Å². The van der Waals surface area contributed by atoms with E-state index < -0.39 is 4.92 Å². The fourth-order valence-electron chi connectivity index (χ4n) is 1.68. The van der Waals surface area contributed by atoms with E-state index in [0.717, 1.165) is 0 Å². The molecule has 1 aromatic heterocycles. The third-order valence-corrected chi connectivity index (χ3v) is 2.72. The molecule has 0 saturated carbocycles. The molecule has 0 aliphatic rings. The van der Waals surface area contributed by atoms with Crippen molar-refractivity contribution in [2.24, 2.45) is 0 Å². The summed E-state index contributed by atoms with van der Waals surface area (Å²) >= 11 is 0. The summed E-state index contributed by atoms with van der Waals surface area (Å²) in [6, 6.07) is 11.1. The van der Waals surface area contributed by atoms with Crippen LogP contribution in [0.2, 0.25) is 0 Å². The first-order valence-corrected chi connectivity index (χ1v) is 6.09. The maximum Gasteiger partial charge on any atom is 0.269 e. The Balaban J connectivity index is 1.87.